The molecular formula is C36H67N17O9. The molecule has 23 N–H and O–H groups in total. The Morgan fingerprint density at radius 3 is 1.60 bits per heavy atom. The van der Waals surface area contributed by atoms with Crippen LogP contribution >= 0.6 is 0 Å². The summed E-state index contributed by atoms with van der Waals surface area (Å²) >= 11 is 0. The molecule has 0 radical (unpaired) electrons. The number of aliphatic imine (C=N–C) groups is 2. The fourth-order valence-electron chi connectivity index (χ4n) is 5.80. The van der Waals surface area contributed by atoms with Gasteiger partial charge in [0.25, 0.3) is 0 Å². The number of aromatic nitrogens is 2. The number of aromatic amines is 1. The highest BCUT2D eigenvalue weighted by molar-refractivity contribution is 5.97. The Morgan fingerprint density at radius 2 is 1.13 bits per heavy atom. The van der Waals surface area contributed by atoms with E-state index < -0.39 is 90.3 Å². The van der Waals surface area contributed by atoms with E-state index >= 15 is 0 Å². The van der Waals surface area contributed by atoms with E-state index in [4.69, 9.17) is 45.2 Å². The highest BCUT2D eigenvalue weighted by Gasteiger charge is 2.34. The van der Waals surface area contributed by atoms with Crippen LogP contribution in [0, 0.1) is 0 Å². The van der Waals surface area contributed by atoms with Gasteiger partial charge in [0.1, 0.15) is 36.8 Å². The van der Waals surface area contributed by atoms with Gasteiger partial charge in [0.15, 0.2) is 11.9 Å². The predicted octanol–water partition coefficient (Wildman–Crippen LogP) is -6.35. The van der Waals surface area contributed by atoms with Gasteiger partial charge >= 0.3 is 5.97 Å². The van der Waals surface area contributed by atoms with Crippen molar-refractivity contribution in [3.05, 3.63) is 18.2 Å². The van der Waals surface area contributed by atoms with Gasteiger partial charge in [-0.1, -0.05) is 6.42 Å². The van der Waals surface area contributed by atoms with E-state index in [1.807, 2.05) is 0 Å². The first-order valence-corrected chi connectivity index (χ1v) is 20.3. The van der Waals surface area contributed by atoms with Crippen molar-refractivity contribution in [2.24, 2.45) is 50.1 Å². The van der Waals surface area contributed by atoms with E-state index in [1.165, 1.54) is 19.4 Å². The Labute approximate surface area is 359 Å². The van der Waals surface area contributed by atoms with E-state index in [0.29, 0.717) is 37.9 Å². The number of carbonyl (C=O) groups excluding carboxylic acids is 6. The number of carbonyl (C=O) groups is 7. The molecular weight excluding hydrogens is 815 g/mol. The number of carboxylic acids is 1. The van der Waals surface area contributed by atoms with E-state index in [2.05, 4.69) is 51.9 Å². The lowest BCUT2D eigenvalue weighted by Crippen LogP contribution is -2.61. The van der Waals surface area contributed by atoms with Gasteiger partial charge in [-0.25, -0.2) is 4.98 Å². The van der Waals surface area contributed by atoms with E-state index in [9.17, 15) is 38.7 Å². The molecule has 0 aromatic carbocycles. The van der Waals surface area contributed by atoms with Crippen LogP contribution in [-0.4, -0.2) is 149 Å². The second-order valence-corrected chi connectivity index (χ2v) is 14.4. The Kier molecular flexibility index (Phi) is 26.1. The molecule has 0 unspecified atom stereocenters. The maximum atomic E-state index is 14.1. The maximum absolute atomic E-state index is 14.1. The Hall–Kier alpha value is -6.12. The molecule has 0 saturated heterocycles. The number of H-pyrrole nitrogens is 1. The number of amides is 6. The number of carboxylic acid groups (broad SMARTS) is 1. The molecule has 1 aromatic heterocycles. The summed E-state index contributed by atoms with van der Waals surface area (Å²) in [4.78, 5) is 107. The molecule has 1 rings (SSSR count). The number of rotatable bonds is 32. The zero-order chi connectivity index (χ0) is 46.6. The normalized spacial score (nSPS) is 14.3. The second kappa shape index (κ2) is 30.0. The summed E-state index contributed by atoms with van der Waals surface area (Å²) in [5.74, 6) is -6.68. The first-order chi connectivity index (χ1) is 29.4. The van der Waals surface area contributed by atoms with E-state index in [1.54, 1.807) is 0 Å². The van der Waals surface area contributed by atoms with Gasteiger partial charge in [-0.2, -0.15) is 0 Å². The molecule has 0 fully saturated rings. The van der Waals surface area contributed by atoms with Gasteiger partial charge in [-0.05, 0) is 77.8 Å². The summed E-state index contributed by atoms with van der Waals surface area (Å²) in [5, 5.41) is 34.6. The molecule has 0 aliphatic carbocycles. The minimum Gasteiger partial charge on any atom is -0.480 e. The summed E-state index contributed by atoms with van der Waals surface area (Å²) in [6, 6.07) is -7.85. The Balaban J connectivity index is 3.43. The first-order valence-electron chi connectivity index (χ1n) is 20.3. The average Bonchev–Trinajstić information content (AvgIpc) is 3.73. The topological polar surface area (TPSA) is 468 Å². The minimum absolute atomic E-state index is 0.0199. The van der Waals surface area contributed by atoms with Crippen LogP contribution in [0.5, 0.6) is 0 Å². The number of imidazole rings is 1. The highest BCUT2D eigenvalue weighted by atomic mass is 16.4. The fraction of sp³-hybridized carbons (Fsp3) is 0.667. The number of aliphatic hydroxyl groups is 1. The Bertz CT molecular complexity index is 1620. The molecule has 0 aliphatic heterocycles. The third-order valence-corrected chi connectivity index (χ3v) is 9.13. The lowest BCUT2D eigenvalue weighted by molar-refractivity contribution is -0.138. The number of aliphatic hydroxyl groups excluding tert-OH is 1. The highest BCUT2D eigenvalue weighted by Crippen LogP contribution is 2.09. The average molecular weight is 882 g/mol. The van der Waals surface area contributed by atoms with Gasteiger partial charge in [0.2, 0.25) is 35.4 Å². The summed E-state index contributed by atoms with van der Waals surface area (Å²) in [5.41, 5.74) is 39.3. The van der Waals surface area contributed by atoms with Gasteiger partial charge in [-0.3, -0.25) is 43.5 Å². The number of hydrogen-bond donors (Lipinski definition) is 16. The van der Waals surface area contributed by atoms with Crippen LogP contribution in [-0.2, 0) is 40.0 Å². The van der Waals surface area contributed by atoms with Crippen LogP contribution in [0.3, 0.4) is 0 Å². The quantitative estimate of drug-likeness (QED) is 0.0182. The van der Waals surface area contributed by atoms with E-state index in [-0.39, 0.29) is 76.5 Å². The smallest absolute Gasteiger partial charge is 0.322 e. The third-order valence-electron chi connectivity index (χ3n) is 9.13. The number of nitrogens with one attached hydrogen (secondary N) is 7. The maximum Gasteiger partial charge on any atom is 0.322 e. The van der Waals surface area contributed by atoms with Gasteiger partial charge in [0, 0.05) is 31.4 Å². The van der Waals surface area contributed by atoms with Crippen molar-refractivity contribution in [1.29, 1.82) is 0 Å². The lowest BCUT2D eigenvalue weighted by atomic mass is 10.0. The fourth-order valence-corrected chi connectivity index (χ4v) is 5.80. The predicted molar refractivity (Wildman–Crippen MR) is 228 cm³/mol. The zero-order valence-corrected chi connectivity index (χ0v) is 35.1. The monoisotopic (exact) mass is 882 g/mol. The van der Waals surface area contributed by atoms with Crippen molar-refractivity contribution in [3.8, 4) is 0 Å². The molecule has 26 nitrogen and oxygen atoms in total. The summed E-state index contributed by atoms with van der Waals surface area (Å²) in [7, 11) is 0. The van der Waals surface area contributed by atoms with Crippen molar-refractivity contribution in [3.63, 3.8) is 0 Å². The minimum atomic E-state index is -1.52. The standard InChI is InChI=1S/C36H67N17O9/c1-20(54)28(53-29(57)22(39)8-2-4-12-37)34(62)51-25(11-7-15-46-36(42)43)31(59)50-24(9-3-5-13-38)32(60)52-26(16-21-17-44-19-48-21)33(61)49-23(10-6-14-45-35(40)41)30(58)47-18-27(55)56/h17,19-20,22-26,28,54H,2-16,18,37-39H2,1H3,(H,44,48)(H,47,58)(H,49,61)(H,50,59)(H,51,62)(H,52,60)(H,53,57)(H,55,56)(H4,40,41,45)(H4,42,43,46)/t20-,22+,23+,24+,25+,26+,28+/m1/s1. The molecule has 6 amide bonds. The molecule has 0 saturated carbocycles. The van der Waals surface area contributed by atoms with Crippen molar-refractivity contribution in [1.82, 2.24) is 41.9 Å². The summed E-state index contributed by atoms with van der Waals surface area (Å²) in [6.07, 6.45) is 3.73. The van der Waals surface area contributed by atoms with Gasteiger partial charge in [-0.15, -0.1) is 0 Å². The number of nitrogens with zero attached hydrogens (tertiary/aromatic N) is 3. The van der Waals surface area contributed by atoms with Gasteiger partial charge < -0.3 is 87.2 Å². The molecule has 0 aliphatic rings. The van der Waals surface area contributed by atoms with Crippen LogP contribution in [0.4, 0.5) is 0 Å². The lowest BCUT2D eigenvalue weighted by Gasteiger charge is -2.28. The van der Waals surface area contributed by atoms with Crippen LogP contribution in [0.25, 0.3) is 0 Å². The number of guanidine groups is 2. The summed E-state index contributed by atoms with van der Waals surface area (Å²) < 4.78 is 0. The van der Waals surface area contributed by atoms with Crippen LogP contribution in [0.15, 0.2) is 22.5 Å². The molecule has 350 valence electrons. The van der Waals surface area contributed by atoms with Crippen molar-refractivity contribution >= 4 is 53.3 Å². The molecule has 0 bridgehead atoms. The van der Waals surface area contributed by atoms with E-state index in [0.717, 1.165) is 0 Å². The number of aliphatic carboxylic acids is 1. The molecule has 7 atom stereocenters. The van der Waals surface area contributed by atoms with Crippen LogP contribution in [0.1, 0.15) is 76.8 Å². The first kappa shape index (κ1) is 53.9. The van der Waals surface area contributed by atoms with Gasteiger partial charge in [0.05, 0.1) is 18.5 Å². The molecule has 0 spiro atoms. The van der Waals surface area contributed by atoms with Crippen LogP contribution < -0.4 is 72.0 Å². The molecule has 26 heteroatoms. The zero-order valence-electron chi connectivity index (χ0n) is 35.1. The second-order valence-electron chi connectivity index (χ2n) is 14.4. The summed E-state index contributed by atoms with van der Waals surface area (Å²) in [6.45, 7) is 1.35. The van der Waals surface area contributed by atoms with Crippen LogP contribution in [0.2, 0.25) is 0 Å². The SMILES string of the molecule is C[C@@H](O)[C@H](NC(=O)[C@@H](N)CCCCN)C(=O)N[C@@H](CCCN=C(N)N)C(=O)N[C@@H](CCCCN)C(=O)N[C@@H](Cc1cnc[nH]1)C(=O)N[C@@H](CCCN=C(N)N)C(=O)NCC(=O)O. The van der Waals surface area contributed by atoms with Crippen molar-refractivity contribution in [2.75, 3.05) is 32.7 Å². The third kappa shape index (κ3) is 22.5. The Morgan fingerprint density at radius 1 is 0.661 bits per heavy atom. The number of nitrogens with two attached hydrogens (primary N) is 7. The molecule has 62 heavy (non-hydrogen) atoms. The number of unbranched alkanes of at least 4 members (excludes halogenated alkanes) is 2. The molecule has 1 aromatic rings. The molecule has 1 heterocycles. The number of hydrogen-bond acceptors (Lipinski definition) is 14. The largest absolute Gasteiger partial charge is 0.480 e. The van der Waals surface area contributed by atoms with Crippen molar-refractivity contribution < 1.29 is 43.8 Å². The van der Waals surface area contributed by atoms with Crippen molar-refractivity contribution in [2.45, 2.75) is 120 Å².